The van der Waals surface area contributed by atoms with Crippen LogP contribution in [0, 0.1) is 26.7 Å². The average Bonchev–Trinajstić information content (AvgIpc) is 3.03. The maximum absolute atomic E-state index is 12.9. The van der Waals surface area contributed by atoms with E-state index in [9.17, 15) is 9.59 Å². The monoisotopic (exact) mass is 379 g/mol. The number of rotatable bonds is 3. The van der Waals surface area contributed by atoms with E-state index < -0.39 is 0 Å². The van der Waals surface area contributed by atoms with Crippen LogP contribution in [0.2, 0.25) is 0 Å². The molecule has 6 nitrogen and oxygen atoms in total. The number of carbonyl (C=O) groups is 1. The van der Waals surface area contributed by atoms with Crippen molar-refractivity contribution in [2.75, 3.05) is 13.1 Å². The van der Waals surface area contributed by atoms with Gasteiger partial charge in [0.15, 0.2) is 0 Å². The van der Waals surface area contributed by atoms with E-state index >= 15 is 0 Å². The summed E-state index contributed by atoms with van der Waals surface area (Å²) in [5, 5.41) is 0.659. The van der Waals surface area contributed by atoms with Crippen molar-refractivity contribution in [1.29, 1.82) is 0 Å². The van der Waals surface area contributed by atoms with E-state index in [2.05, 4.69) is 4.98 Å². The predicted octanol–water partition coefficient (Wildman–Crippen LogP) is 3.47. The third-order valence-corrected chi connectivity index (χ3v) is 5.67. The molecule has 1 aliphatic rings. The molecule has 1 aliphatic heterocycles. The Morgan fingerprint density at radius 2 is 1.89 bits per heavy atom. The quantitative estimate of drug-likeness (QED) is 0.699. The second-order valence-electron chi connectivity index (χ2n) is 7.65. The van der Waals surface area contributed by atoms with Crippen LogP contribution in [0.5, 0.6) is 0 Å². The Labute approximate surface area is 163 Å². The smallest absolute Gasteiger partial charge is 0.261 e. The van der Waals surface area contributed by atoms with Gasteiger partial charge in [0.2, 0.25) is 0 Å². The van der Waals surface area contributed by atoms with Crippen LogP contribution in [0.1, 0.15) is 40.5 Å². The minimum absolute atomic E-state index is 0.0195. The van der Waals surface area contributed by atoms with Crippen LogP contribution < -0.4 is 5.56 Å². The Bertz CT molecular complexity index is 1090. The summed E-state index contributed by atoms with van der Waals surface area (Å²) < 4.78 is 7.28. The summed E-state index contributed by atoms with van der Waals surface area (Å²) in [6, 6.07) is 9.28. The molecule has 0 N–H and O–H groups in total. The van der Waals surface area contributed by atoms with Crippen LogP contribution in [0.4, 0.5) is 0 Å². The number of aryl methyl sites for hydroxylation is 3. The molecule has 0 spiro atoms. The van der Waals surface area contributed by atoms with Crippen molar-refractivity contribution in [2.24, 2.45) is 5.92 Å². The zero-order valence-electron chi connectivity index (χ0n) is 16.6. The Morgan fingerprint density at radius 3 is 2.57 bits per heavy atom. The molecule has 1 aromatic carbocycles. The number of piperidine rings is 1. The summed E-state index contributed by atoms with van der Waals surface area (Å²) in [7, 11) is 0. The lowest BCUT2D eigenvalue weighted by molar-refractivity contribution is 0.0680. The van der Waals surface area contributed by atoms with Gasteiger partial charge < -0.3 is 9.32 Å². The van der Waals surface area contributed by atoms with Gasteiger partial charge in [0.05, 0.1) is 16.5 Å². The molecule has 1 amide bonds. The van der Waals surface area contributed by atoms with Gasteiger partial charge in [-0.1, -0.05) is 12.1 Å². The molecule has 0 bridgehead atoms. The van der Waals surface area contributed by atoms with Crippen LogP contribution in [0.3, 0.4) is 0 Å². The number of fused-ring (bicyclic) bond motifs is 1. The van der Waals surface area contributed by atoms with Crippen LogP contribution in [0.25, 0.3) is 10.9 Å². The van der Waals surface area contributed by atoms with Crippen molar-refractivity contribution >= 4 is 16.8 Å². The van der Waals surface area contributed by atoms with Crippen molar-refractivity contribution in [3.8, 4) is 0 Å². The third kappa shape index (κ3) is 3.35. The number of nitrogens with zero attached hydrogens (tertiary/aromatic N) is 3. The highest BCUT2D eigenvalue weighted by molar-refractivity contribution is 5.95. The molecule has 4 rings (SSSR count). The van der Waals surface area contributed by atoms with Crippen molar-refractivity contribution in [1.82, 2.24) is 14.5 Å². The normalized spacial score (nSPS) is 15.3. The standard InChI is InChI=1S/C22H25N3O3/c1-14-12-19(15(2)28-14)21(26)24-10-8-17(9-11-24)13-25-16(3)23-20-7-5-4-6-18(20)22(25)27/h4-7,12,17H,8-11,13H2,1-3H3. The highest BCUT2D eigenvalue weighted by atomic mass is 16.3. The third-order valence-electron chi connectivity index (χ3n) is 5.67. The largest absolute Gasteiger partial charge is 0.466 e. The number of hydrogen-bond acceptors (Lipinski definition) is 4. The molecular weight excluding hydrogens is 354 g/mol. The summed E-state index contributed by atoms with van der Waals surface area (Å²) in [6.07, 6.45) is 1.75. The predicted molar refractivity (Wildman–Crippen MR) is 108 cm³/mol. The Hall–Kier alpha value is -2.89. The van der Waals surface area contributed by atoms with E-state index in [4.69, 9.17) is 4.42 Å². The van der Waals surface area contributed by atoms with Crippen LogP contribution in [-0.2, 0) is 6.54 Å². The number of furan rings is 1. The van der Waals surface area contributed by atoms with E-state index in [-0.39, 0.29) is 11.5 Å². The molecule has 2 aromatic heterocycles. The number of likely N-dealkylation sites (tertiary alicyclic amines) is 1. The molecule has 0 aliphatic carbocycles. The Morgan fingerprint density at radius 1 is 1.18 bits per heavy atom. The topological polar surface area (TPSA) is 68.3 Å². The summed E-state index contributed by atoms with van der Waals surface area (Å²) in [4.78, 5) is 32.1. The molecule has 1 saturated heterocycles. The minimum Gasteiger partial charge on any atom is -0.466 e. The maximum atomic E-state index is 12.9. The van der Waals surface area contributed by atoms with E-state index in [0.29, 0.717) is 42.3 Å². The highest BCUT2D eigenvalue weighted by Gasteiger charge is 2.26. The van der Waals surface area contributed by atoms with Crippen molar-refractivity contribution < 1.29 is 9.21 Å². The SMILES string of the molecule is Cc1cc(C(=O)N2CCC(Cn3c(C)nc4ccccc4c3=O)CC2)c(C)o1. The molecule has 3 aromatic rings. The minimum atomic E-state index is 0.0195. The molecule has 0 atom stereocenters. The molecule has 28 heavy (non-hydrogen) atoms. The lowest BCUT2D eigenvalue weighted by Crippen LogP contribution is -2.40. The number of carbonyl (C=O) groups excluding carboxylic acids is 1. The van der Waals surface area contributed by atoms with E-state index in [1.165, 1.54) is 0 Å². The van der Waals surface area contributed by atoms with Crippen LogP contribution in [0.15, 0.2) is 39.5 Å². The van der Waals surface area contributed by atoms with Crippen molar-refractivity contribution in [2.45, 2.75) is 40.2 Å². The van der Waals surface area contributed by atoms with Gasteiger partial charge in [0.1, 0.15) is 17.3 Å². The number of para-hydroxylation sites is 1. The van der Waals surface area contributed by atoms with Gasteiger partial charge in [-0.3, -0.25) is 14.2 Å². The fourth-order valence-corrected chi connectivity index (χ4v) is 4.08. The molecule has 0 radical (unpaired) electrons. The number of hydrogen-bond donors (Lipinski definition) is 0. The first kappa shape index (κ1) is 18.5. The second-order valence-corrected chi connectivity index (χ2v) is 7.65. The molecule has 3 heterocycles. The molecular formula is C22H25N3O3. The van der Waals surface area contributed by atoms with Gasteiger partial charge in [-0.05, 0) is 57.7 Å². The number of aromatic nitrogens is 2. The molecule has 0 unspecified atom stereocenters. The average molecular weight is 379 g/mol. The molecule has 1 fully saturated rings. The van der Waals surface area contributed by atoms with Crippen LogP contribution >= 0.6 is 0 Å². The number of amides is 1. The molecule has 146 valence electrons. The first-order valence-electron chi connectivity index (χ1n) is 9.76. The fraction of sp³-hybridized carbons (Fsp3) is 0.409. The van der Waals surface area contributed by atoms with Gasteiger partial charge >= 0.3 is 0 Å². The van der Waals surface area contributed by atoms with Crippen molar-refractivity contribution in [3.63, 3.8) is 0 Å². The van der Waals surface area contributed by atoms with Crippen molar-refractivity contribution in [3.05, 3.63) is 63.6 Å². The first-order chi connectivity index (χ1) is 13.4. The Kier molecular flexibility index (Phi) is 4.79. The summed E-state index contributed by atoms with van der Waals surface area (Å²) in [6.45, 7) is 7.61. The van der Waals surface area contributed by atoms with Gasteiger partial charge in [0, 0.05) is 19.6 Å². The molecule has 6 heteroatoms. The van der Waals surface area contributed by atoms with E-state index in [1.54, 1.807) is 4.57 Å². The highest BCUT2D eigenvalue weighted by Crippen LogP contribution is 2.23. The van der Waals surface area contributed by atoms with Gasteiger partial charge in [-0.2, -0.15) is 0 Å². The zero-order valence-corrected chi connectivity index (χ0v) is 16.6. The van der Waals surface area contributed by atoms with Crippen LogP contribution in [-0.4, -0.2) is 33.4 Å². The lowest BCUT2D eigenvalue weighted by atomic mass is 9.96. The fourth-order valence-electron chi connectivity index (χ4n) is 4.08. The zero-order chi connectivity index (χ0) is 19.8. The van der Waals surface area contributed by atoms with E-state index in [0.717, 1.165) is 29.9 Å². The summed E-state index contributed by atoms with van der Waals surface area (Å²) >= 11 is 0. The Balaban J connectivity index is 1.46. The summed E-state index contributed by atoms with van der Waals surface area (Å²) in [5.41, 5.74) is 1.42. The maximum Gasteiger partial charge on any atom is 0.261 e. The van der Waals surface area contributed by atoms with E-state index in [1.807, 2.05) is 56.0 Å². The first-order valence-corrected chi connectivity index (χ1v) is 9.76. The van der Waals surface area contributed by atoms with Gasteiger partial charge in [-0.15, -0.1) is 0 Å². The van der Waals surface area contributed by atoms with Gasteiger partial charge in [0.25, 0.3) is 11.5 Å². The lowest BCUT2D eigenvalue weighted by Gasteiger charge is -2.32. The molecule has 0 saturated carbocycles. The number of benzene rings is 1. The van der Waals surface area contributed by atoms with Gasteiger partial charge in [-0.25, -0.2) is 4.98 Å². The summed E-state index contributed by atoms with van der Waals surface area (Å²) in [5.74, 6) is 2.57. The second kappa shape index (κ2) is 7.26.